The first kappa shape index (κ1) is 16.2. The summed E-state index contributed by atoms with van der Waals surface area (Å²) in [4.78, 5) is 4.81. The van der Waals surface area contributed by atoms with E-state index in [9.17, 15) is 0 Å². The summed E-state index contributed by atoms with van der Waals surface area (Å²) in [5.74, 6) is 0.470. The Hall–Kier alpha value is -1.20. The third kappa shape index (κ3) is 4.14. The molecule has 21 heavy (non-hydrogen) atoms. The molecule has 2 aromatic heterocycles. The van der Waals surface area contributed by atoms with E-state index >= 15 is 0 Å². The van der Waals surface area contributed by atoms with Gasteiger partial charge >= 0.3 is 0 Å². The minimum absolute atomic E-state index is 0.133. The van der Waals surface area contributed by atoms with Crippen molar-refractivity contribution in [1.82, 2.24) is 20.1 Å². The molecular formula is C16H26N4S. The van der Waals surface area contributed by atoms with E-state index in [2.05, 4.69) is 56.6 Å². The molecule has 0 amide bonds. The van der Waals surface area contributed by atoms with Gasteiger partial charge in [-0.3, -0.25) is 4.68 Å². The van der Waals surface area contributed by atoms with E-state index in [1.807, 2.05) is 10.9 Å². The third-order valence-electron chi connectivity index (χ3n) is 3.32. The summed E-state index contributed by atoms with van der Waals surface area (Å²) in [6.07, 6.45) is 5.20. The van der Waals surface area contributed by atoms with Crippen molar-refractivity contribution >= 4 is 11.3 Å². The van der Waals surface area contributed by atoms with Gasteiger partial charge in [-0.2, -0.15) is 5.10 Å². The predicted octanol–water partition coefficient (Wildman–Crippen LogP) is 3.96. The van der Waals surface area contributed by atoms with Gasteiger partial charge in [0.25, 0.3) is 0 Å². The number of hydrogen-bond acceptors (Lipinski definition) is 4. The lowest BCUT2D eigenvalue weighted by Gasteiger charge is -2.18. The summed E-state index contributed by atoms with van der Waals surface area (Å²) in [6.45, 7) is 11.8. The zero-order chi connectivity index (χ0) is 15.4. The first-order chi connectivity index (χ1) is 10.0. The maximum atomic E-state index is 4.81. The van der Waals surface area contributed by atoms with E-state index in [1.165, 1.54) is 11.3 Å². The molecule has 0 aliphatic rings. The summed E-state index contributed by atoms with van der Waals surface area (Å²) in [5.41, 5.74) is 2.37. The van der Waals surface area contributed by atoms with Crippen LogP contribution < -0.4 is 5.32 Å². The molecular weight excluding hydrogens is 280 g/mol. The van der Waals surface area contributed by atoms with Gasteiger partial charge in [0.05, 0.1) is 17.9 Å². The summed E-state index contributed by atoms with van der Waals surface area (Å²) < 4.78 is 2.02. The zero-order valence-corrected chi connectivity index (χ0v) is 14.4. The Bertz CT molecular complexity index is 556. The molecule has 1 atom stereocenters. The highest BCUT2D eigenvalue weighted by atomic mass is 32.1. The van der Waals surface area contributed by atoms with Crippen molar-refractivity contribution in [1.29, 1.82) is 0 Å². The molecule has 4 nitrogen and oxygen atoms in total. The fraction of sp³-hybridized carbons (Fsp3) is 0.625. The fourth-order valence-corrected chi connectivity index (χ4v) is 3.29. The van der Waals surface area contributed by atoms with Crippen molar-refractivity contribution in [2.75, 3.05) is 0 Å². The molecule has 0 radical (unpaired) electrons. The third-order valence-corrected chi connectivity index (χ3v) is 4.25. The lowest BCUT2D eigenvalue weighted by atomic mass is 10.1. The van der Waals surface area contributed by atoms with Gasteiger partial charge in [-0.25, -0.2) is 4.98 Å². The number of aromatic nitrogens is 3. The topological polar surface area (TPSA) is 42.7 Å². The molecule has 0 spiro atoms. The van der Waals surface area contributed by atoms with Gasteiger partial charge in [0, 0.05) is 29.7 Å². The first-order valence-electron chi connectivity index (χ1n) is 7.75. The molecule has 1 N–H and O–H groups in total. The van der Waals surface area contributed by atoms with Crippen LogP contribution in [0.1, 0.15) is 69.3 Å². The molecule has 116 valence electrons. The standard InChI is InChI=1S/C16H26N4S/c1-6-7-20-9-13(8-17-20)15(18-12(4)5)16-19-14(10-21-16)11(2)3/h8-12,15,18H,6-7H2,1-5H3. The van der Waals surface area contributed by atoms with Gasteiger partial charge in [-0.05, 0) is 26.2 Å². The van der Waals surface area contributed by atoms with Gasteiger partial charge in [-0.1, -0.05) is 20.8 Å². The van der Waals surface area contributed by atoms with Gasteiger partial charge in [0.2, 0.25) is 0 Å². The first-order valence-corrected chi connectivity index (χ1v) is 8.63. The lowest BCUT2D eigenvalue weighted by molar-refractivity contribution is 0.524. The summed E-state index contributed by atoms with van der Waals surface area (Å²) in [7, 11) is 0. The van der Waals surface area contributed by atoms with Crippen molar-refractivity contribution in [3.63, 3.8) is 0 Å². The van der Waals surface area contributed by atoms with E-state index in [1.54, 1.807) is 11.3 Å². The molecule has 2 heterocycles. The van der Waals surface area contributed by atoms with Crippen LogP contribution in [0.15, 0.2) is 17.8 Å². The quantitative estimate of drug-likeness (QED) is 0.842. The Morgan fingerprint density at radius 3 is 2.62 bits per heavy atom. The van der Waals surface area contributed by atoms with Crippen LogP contribution in [0, 0.1) is 0 Å². The van der Waals surface area contributed by atoms with E-state index < -0.39 is 0 Å². The largest absolute Gasteiger partial charge is 0.302 e. The molecule has 2 aromatic rings. The Kier molecular flexibility index (Phi) is 5.53. The minimum atomic E-state index is 0.133. The van der Waals surface area contributed by atoms with Crippen molar-refractivity contribution in [3.8, 4) is 0 Å². The Labute approximate surface area is 131 Å². The molecule has 0 fully saturated rings. The molecule has 0 aromatic carbocycles. The molecule has 1 unspecified atom stereocenters. The van der Waals surface area contributed by atoms with Crippen LogP contribution in [0.4, 0.5) is 0 Å². The van der Waals surface area contributed by atoms with Crippen molar-refractivity contribution in [2.24, 2.45) is 0 Å². The van der Waals surface area contributed by atoms with Crippen LogP contribution >= 0.6 is 11.3 Å². The SMILES string of the molecule is CCCn1cc(C(NC(C)C)c2nc(C(C)C)cs2)cn1. The molecule has 0 aliphatic carbocycles. The van der Waals surface area contributed by atoms with E-state index in [4.69, 9.17) is 4.98 Å². The molecule has 0 aliphatic heterocycles. The molecule has 5 heteroatoms. The number of nitrogens with one attached hydrogen (secondary N) is 1. The number of aryl methyl sites for hydroxylation is 1. The average molecular weight is 306 g/mol. The number of hydrogen-bond donors (Lipinski definition) is 1. The van der Waals surface area contributed by atoms with Crippen molar-refractivity contribution in [3.05, 3.63) is 34.0 Å². The monoisotopic (exact) mass is 306 g/mol. The molecule has 2 rings (SSSR count). The second kappa shape index (κ2) is 7.18. The Morgan fingerprint density at radius 1 is 1.29 bits per heavy atom. The smallest absolute Gasteiger partial charge is 0.115 e. The van der Waals surface area contributed by atoms with Crippen LogP contribution in [0.25, 0.3) is 0 Å². The van der Waals surface area contributed by atoms with E-state index in [0.717, 1.165) is 18.0 Å². The van der Waals surface area contributed by atoms with Gasteiger partial charge in [0.15, 0.2) is 0 Å². The molecule has 0 saturated heterocycles. The summed E-state index contributed by atoms with van der Waals surface area (Å²) in [6, 6.07) is 0.532. The summed E-state index contributed by atoms with van der Waals surface area (Å²) >= 11 is 1.73. The predicted molar refractivity (Wildman–Crippen MR) is 88.8 cm³/mol. The van der Waals surface area contributed by atoms with Gasteiger partial charge in [-0.15, -0.1) is 11.3 Å². The Balaban J connectivity index is 2.27. The number of nitrogens with zero attached hydrogens (tertiary/aromatic N) is 3. The van der Waals surface area contributed by atoms with Crippen molar-refractivity contribution < 1.29 is 0 Å². The van der Waals surface area contributed by atoms with Gasteiger partial charge in [0.1, 0.15) is 5.01 Å². The highest BCUT2D eigenvalue weighted by molar-refractivity contribution is 7.09. The second-order valence-corrected chi connectivity index (χ2v) is 6.95. The maximum absolute atomic E-state index is 4.81. The lowest BCUT2D eigenvalue weighted by Crippen LogP contribution is -2.28. The van der Waals surface area contributed by atoms with Crippen LogP contribution in [0.2, 0.25) is 0 Å². The average Bonchev–Trinajstić information content (AvgIpc) is 3.05. The number of thiazole rings is 1. The Morgan fingerprint density at radius 2 is 2.05 bits per heavy atom. The maximum Gasteiger partial charge on any atom is 0.115 e. The van der Waals surface area contributed by atoms with Crippen molar-refractivity contribution in [2.45, 2.75) is 65.6 Å². The van der Waals surface area contributed by atoms with E-state index in [-0.39, 0.29) is 6.04 Å². The van der Waals surface area contributed by atoms with Crippen LogP contribution in [-0.2, 0) is 6.54 Å². The zero-order valence-electron chi connectivity index (χ0n) is 13.6. The summed E-state index contributed by atoms with van der Waals surface area (Å²) in [5, 5.41) is 11.4. The fourth-order valence-electron chi connectivity index (χ4n) is 2.22. The van der Waals surface area contributed by atoms with Gasteiger partial charge < -0.3 is 5.32 Å². The highest BCUT2D eigenvalue weighted by Gasteiger charge is 2.21. The minimum Gasteiger partial charge on any atom is -0.302 e. The molecule has 0 saturated carbocycles. The van der Waals surface area contributed by atoms with Crippen LogP contribution in [0.3, 0.4) is 0 Å². The van der Waals surface area contributed by atoms with Crippen LogP contribution in [0.5, 0.6) is 0 Å². The number of rotatable bonds is 7. The van der Waals surface area contributed by atoms with Crippen LogP contribution in [-0.4, -0.2) is 20.8 Å². The normalized spacial score (nSPS) is 13.3. The second-order valence-electron chi connectivity index (χ2n) is 6.06. The van der Waals surface area contributed by atoms with E-state index in [0.29, 0.717) is 12.0 Å². The molecule has 0 bridgehead atoms. The highest BCUT2D eigenvalue weighted by Crippen LogP contribution is 2.28.